The molecule has 1 aromatic carbocycles. The highest BCUT2D eigenvalue weighted by Crippen LogP contribution is 2.39. The number of hydrogen-bond donors (Lipinski definition) is 1. The number of ether oxygens (including phenoxy) is 1. The first-order valence-electron chi connectivity index (χ1n) is 7.50. The lowest BCUT2D eigenvalue weighted by Gasteiger charge is -2.37. The standard InChI is InChI=1S/C17H26ClNO/c1-17(2,3)12-5-8-14(9-6-12)19-15-11-13(18)7-10-16(15)20-4/h7,10-12,14,19H,5-6,8-9H2,1-4H3. The minimum atomic E-state index is 0.429. The van der Waals surface area contributed by atoms with E-state index in [2.05, 4.69) is 26.1 Å². The van der Waals surface area contributed by atoms with Gasteiger partial charge in [0.1, 0.15) is 5.75 Å². The fourth-order valence-corrected chi connectivity index (χ4v) is 3.29. The maximum Gasteiger partial charge on any atom is 0.142 e. The maximum absolute atomic E-state index is 6.08. The fourth-order valence-electron chi connectivity index (χ4n) is 3.12. The van der Waals surface area contributed by atoms with Crippen LogP contribution in [0.2, 0.25) is 5.02 Å². The highest BCUT2D eigenvalue weighted by Gasteiger charge is 2.29. The third-order valence-corrected chi connectivity index (χ3v) is 4.71. The monoisotopic (exact) mass is 295 g/mol. The fraction of sp³-hybridized carbons (Fsp3) is 0.647. The number of rotatable bonds is 3. The second kappa shape index (κ2) is 6.26. The molecule has 1 saturated carbocycles. The largest absolute Gasteiger partial charge is 0.495 e. The van der Waals surface area contributed by atoms with Gasteiger partial charge < -0.3 is 10.1 Å². The lowest BCUT2D eigenvalue weighted by Crippen LogP contribution is -2.31. The molecule has 1 aromatic rings. The predicted octanol–water partition coefficient (Wildman–Crippen LogP) is 5.37. The molecule has 0 heterocycles. The Morgan fingerprint density at radius 3 is 2.35 bits per heavy atom. The molecule has 1 aliphatic rings. The highest BCUT2D eigenvalue weighted by atomic mass is 35.5. The van der Waals surface area contributed by atoms with Gasteiger partial charge in [-0.1, -0.05) is 32.4 Å². The van der Waals surface area contributed by atoms with Gasteiger partial charge in [-0.15, -0.1) is 0 Å². The van der Waals surface area contributed by atoms with E-state index in [1.165, 1.54) is 25.7 Å². The van der Waals surface area contributed by atoms with E-state index in [1.54, 1.807) is 7.11 Å². The van der Waals surface area contributed by atoms with Crippen LogP contribution in [0.3, 0.4) is 0 Å². The van der Waals surface area contributed by atoms with Crippen molar-refractivity contribution in [1.29, 1.82) is 0 Å². The molecule has 20 heavy (non-hydrogen) atoms. The van der Waals surface area contributed by atoms with Crippen molar-refractivity contribution in [3.63, 3.8) is 0 Å². The molecule has 0 aliphatic heterocycles. The second-order valence-corrected chi connectivity index (χ2v) is 7.34. The molecule has 112 valence electrons. The number of hydrogen-bond acceptors (Lipinski definition) is 2. The molecule has 1 N–H and O–H groups in total. The van der Waals surface area contributed by atoms with Gasteiger partial charge in [-0.2, -0.15) is 0 Å². The smallest absolute Gasteiger partial charge is 0.142 e. The van der Waals surface area contributed by atoms with Crippen LogP contribution < -0.4 is 10.1 Å². The zero-order valence-corrected chi connectivity index (χ0v) is 13.8. The Labute approximate surface area is 127 Å². The van der Waals surface area contributed by atoms with Gasteiger partial charge in [0.2, 0.25) is 0 Å². The van der Waals surface area contributed by atoms with Crippen molar-refractivity contribution in [3.05, 3.63) is 23.2 Å². The van der Waals surface area contributed by atoms with Gasteiger partial charge in [-0.25, -0.2) is 0 Å². The molecule has 0 aromatic heterocycles. The van der Waals surface area contributed by atoms with Crippen LogP contribution in [0.25, 0.3) is 0 Å². The molecule has 0 radical (unpaired) electrons. The Hall–Kier alpha value is -0.890. The first kappa shape index (κ1) is 15.5. The van der Waals surface area contributed by atoms with Crippen LogP contribution in [0, 0.1) is 11.3 Å². The molecule has 3 heteroatoms. The Bertz CT molecular complexity index is 445. The van der Waals surface area contributed by atoms with Crippen molar-refractivity contribution in [2.45, 2.75) is 52.5 Å². The van der Waals surface area contributed by atoms with Crippen molar-refractivity contribution in [2.24, 2.45) is 11.3 Å². The van der Waals surface area contributed by atoms with E-state index in [4.69, 9.17) is 16.3 Å². The summed E-state index contributed by atoms with van der Waals surface area (Å²) in [7, 11) is 1.70. The summed E-state index contributed by atoms with van der Waals surface area (Å²) in [6, 6.07) is 6.27. The Morgan fingerprint density at radius 1 is 1.15 bits per heavy atom. The Balaban J connectivity index is 1.97. The molecule has 0 saturated heterocycles. The third-order valence-electron chi connectivity index (χ3n) is 4.47. The van der Waals surface area contributed by atoms with Crippen LogP contribution >= 0.6 is 11.6 Å². The summed E-state index contributed by atoms with van der Waals surface area (Å²) in [4.78, 5) is 0. The van der Waals surface area contributed by atoms with E-state index in [0.29, 0.717) is 11.5 Å². The van der Waals surface area contributed by atoms with Crippen LogP contribution in [0.15, 0.2) is 18.2 Å². The normalized spacial score (nSPS) is 23.4. The van der Waals surface area contributed by atoms with E-state index in [1.807, 2.05) is 18.2 Å². The molecule has 0 bridgehead atoms. The minimum absolute atomic E-state index is 0.429. The van der Waals surface area contributed by atoms with Crippen molar-refractivity contribution in [1.82, 2.24) is 0 Å². The van der Waals surface area contributed by atoms with E-state index < -0.39 is 0 Å². The second-order valence-electron chi connectivity index (χ2n) is 6.90. The lowest BCUT2D eigenvalue weighted by atomic mass is 9.71. The van der Waals surface area contributed by atoms with Crippen LogP contribution in [0.5, 0.6) is 5.75 Å². The summed E-state index contributed by atoms with van der Waals surface area (Å²) in [5.74, 6) is 1.70. The van der Waals surface area contributed by atoms with Crippen molar-refractivity contribution in [3.8, 4) is 5.75 Å². The Kier molecular flexibility index (Phi) is 4.85. The van der Waals surface area contributed by atoms with Crippen molar-refractivity contribution >= 4 is 17.3 Å². The summed E-state index contributed by atoms with van der Waals surface area (Å²) in [5.41, 5.74) is 1.44. The van der Waals surface area contributed by atoms with Gasteiger partial charge in [-0.05, 0) is 55.2 Å². The summed E-state index contributed by atoms with van der Waals surface area (Å²) < 4.78 is 5.40. The van der Waals surface area contributed by atoms with E-state index in [9.17, 15) is 0 Å². The van der Waals surface area contributed by atoms with E-state index >= 15 is 0 Å². The van der Waals surface area contributed by atoms with E-state index in [0.717, 1.165) is 22.4 Å². The van der Waals surface area contributed by atoms with Gasteiger partial charge in [0, 0.05) is 11.1 Å². The number of nitrogens with one attached hydrogen (secondary N) is 1. The SMILES string of the molecule is COc1ccc(Cl)cc1NC1CCC(C(C)(C)C)CC1. The van der Waals surface area contributed by atoms with Gasteiger partial charge in [-0.3, -0.25) is 0 Å². The molecule has 0 unspecified atom stereocenters. The quantitative estimate of drug-likeness (QED) is 0.810. The van der Waals surface area contributed by atoms with Crippen LogP contribution in [-0.4, -0.2) is 13.2 Å². The number of methoxy groups -OCH3 is 1. The number of halogens is 1. The van der Waals surface area contributed by atoms with Gasteiger partial charge in [0.25, 0.3) is 0 Å². The zero-order valence-electron chi connectivity index (χ0n) is 13.0. The van der Waals surface area contributed by atoms with Crippen molar-refractivity contribution < 1.29 is 4.74 Å². The van der Waals surface area contributed by atoms with Crippen LogP contribution in [-0.2, 0) is 0 Å². The number of anilines is 1. The molecule has 0 amide bonds. The molecule has 0 atom stereocenters. The van der Waals surface area contributed by atoms with Gasteiger partial charge in [0.05, 0.1) is 12.8 Å². The molecule has 2 nitrogen and oxygen atoms in total. The van der Waals surface area contributed by atoms with E-state index in [-0.39, 0.29) is 0 Å². The van der Waals surface area contributed by atoms with Crippen LogP contribution in [0.4, 0.5) is 5.69 Å². The van der Waals surface area contributed by atoms with Gasteiger partial charge in [0.15, 0.2) is 0 Å². The molecular formula is C17H26ClNO. The Morgan fingerprint density at radius 2 is 1.80 bits per heavy atom. The average molecular weight is 296 g/mol. The molecular weight excluding hydrogens is 270 g/mol. The topological polar surface area (TPSA) is 21.3 Å². The zero-order chi connectivity index (χ0) is 14.8. The number of benzene rings is 1. The lowest BCUT2D eigenvalue weighted by molar-refractivity contribution is 0.173. The summed E-state index contributed by atoms with van der Waals surface area (Å²) >= 11 is 6.08. The maximum atomic E-state index is 6.08. The molecule has 1 fully saturated rings. The molecule has 1 aliphatic carbocycles. The first-order chi connectivity index (χ1) is 9.40. The first-order valence-corrected chi connectivity index (χ1v) is 7.88. The predicted molar refractivity (Wildman–Crippen MR) is 86.8 cm³/mol. The summed E-state index contributed by atoms with van der Waals surface area (Å²) in [6.07, 6.45) is 5.03. The average Bonchev–Trinajstić information content (AvgIpc) is 2.38. The summed E-state index contributed by atoms with van der Waals surface area (Å²) in [6.45, 7) is 7.06. The summed E-state index contributed by atoms with van der Waals surface area (Å²) in [5, 5.41) is 4.35. The van der Waals surface area contributed by atoms with Crippen LogP contribution in [0.1, 0.15) is 46.5 Å². The highest BCUT2D eigenvalue weighted by molar-refractivity contribution is 6.30. The third kappa shape index (κ3) is 3.82. The van der Waals surface area contributed by atoms with Gasteiger partial charge >= 0.3 is 0 Å². The molecule has 2 rings (SSSR count). The molecule has 0 spiro atoms. The minimum Gasteiger partial charge on any atom is -0.495 e. The van der Waals surface area contributed by atoms with Crippen molar-refractivity contribution in [2.75, 3.05) is 12.4 Å².